The molecule has 1 heterocycles. The number of halogens is 1. The first-order chi connectivity index (χ1) is 15.3. The van der Waals surface area contributed by atoms with Crippen LogP contribution in [0.1, 0.15) is 18.4 Å². The van der Waals surface area contributed by atoms with E-state index in [0.717, 1.165) is 31.5 Å². The van der Waals surface area contributed by atoms with Crippen LogP contribution in [0.3, 0.4) is 0 Å². The van der Waals surface area contributed by atoms with Crippen molar-refractivity contribution in [2.45, 2.75) is 24.7 Å². The minimum absolute atomic E-state index is 0. The number of nitrogens with one attached hydrogen (secondary N) is 1. The van der Waals surface area contributed by atoms with E-state index in [1.165, 1.54) is 12.1 Å². The van der Waals surface area contributed by atoms with Crippen LogP contribution in [0.25, 0.3) is 0 Å². The predicted octanol–water partition coefficient (Wildman–Crippen LogP) is 2.54. The third kappa shape index (κ3) is 7.69. The lowest BCUT2D eigenvalue weighted by molar-refractivity contribution is 0.180. The van der Waals surface area contributed by atoms with Gasteiger partial charge < -0.3 is 29.4 Å². The van der Waals surface area contributed by atoms with Crippen molar-refractivity contribution in [3.63, 3.8) is 0 Å². The zero-order valence-electron chi connectivity index (χ0n) is 18.4. The minimum Gasteiger partial charge on any atom is -0.493 e. The highest BCUT2D eigenvalue weighted by Gasteiger charge is 2.21. The molecule has 0 aromatic heterocycles. The number of aliphatic hydroxyl groups is 1. The number of nitrogens with two attached hydrogens (primary N) is 1. The molecular weight excluding hydrogens is 470 g/mol. The third-order valence-corrected chi connectivity index (χ3v) is 6.37. The Morgan fingerprint density at radius 3 is 2.48 bits per heavy atom. The van der Waals surface area contributed by atoms with E-state index in [-0.39, 0.29) is 42.2 Å². The fourth-order valence-corrected chi connectivity index (χ4v) is 4.41. The number of hydrogen-bond donors (Lipinski definition) is 3. The molecule has 182 valence electrons. The van der Waals surface area contributed by atoms with Crippen LogP contribution in [0.4, 0.5) is 0 Å². The molecule has 1 saturated heterocycles. The molecule has 2 aromatic carbocycles. The van der Waals surface area contributed by atoms with Gasteiger partial charge in [0.05, 0.1) is 13.2 Å². The monoisotopic (exact) mass is 499 g/mol. The van der Waals surface area contributed by atoms with Crippen molar-refractivity contribution >= 4 is 28.5 Å². The summed E-state index contributed by atoms with van der Waals surface area (Å²) in [5, 5.41) is 16.4. The van der Waals surface area contributed by atoms with E-state index >= 15 is 0 Å². The van der Waals surface area contributed by atoms with Crippen LogP contribution in [-0.2, 0) is 10.1 Å². The Kier molecular flexibility index (Phi) is 9.63. The number of nitrogens with zero attached hydrogens (tertiary/aromatic N) is 1. The Morgan fingerprint density at radius 1 is 1.12 bits per heavy atom. The molecule has 4 N–H and O–H groups in total. The van der Waals surface area contributed by atoms with Gasteiger partial charge in [0.1, 0.15) is 28.8 Å². The van der Waals surface area contributed by atoms with Gasteiger partial charge in [0.2, 0.25) is 0 Å². The average Bonchev–Trinajstić information content (AvgIpc) is 2.76. The van der Waals surface area contributed by atoms with E-state index in [9.17, 15) is 8.42 Å². The number of hydrogen-bond acceptors (Lipinski definition) is 7. The lowest BCUT2D eigenvalue weighted by atomic mass is 9.98. The molecule has 1 aliphatic rings. The molecule has 0 radical (unpaired) electrons. The molecular formula is C22H30ClN3O6S. The van der Waals surface area contributed by atoms with Crippen LogP contribution in [-0.4, -0.2) is 57.3 Å². The van der Waals surface area contributed by atoms with E-state index in [4.69, 9.17) is 29.9 Å². The number of aryl methyl sites for hydroxylation is 1. The van der Waals surface area contributed by atoms with Crippen molar-refractivity contribution in [2.24, 2.45) is 11.7 Å². The number of rotatable bonds is 9. The maximum atomic E-state index is 12.7. The highest BCUT2D eigenvalue weighted by Crippen LogP contribution is 2.28. The molecule has 1 aliphatic heterocycles. The summed E-state index contributed by atoms with van der Waals surface area (Å²) < 4.78 is 42.0. The Labute approximate surface area is 200 Å². The van der Waals surface area contributed by atoms with E-state index in [1.807, 2.05) is 17.9 Å². The third-order valence-electron chi connectivity index (χ3n) is 5.13. The second-order valence-corrected chi connectivity index (χ2v) is 9.24. The number of benzene rings is 2. The summed E-state index contributed by atoms with van der Waals surface area (Å²) in [6, 6.07) is 10.9. The van der Waals surface area contributed by atoms with Crippen molar-refractivity contribution in [1.82, 2.24) is 4.90 Å². The van der Waals surface area contributed by atoms with Gasteiger partial charge in [0.25, 0.3) is 0 Å². The molecule has 11 heteroatoms. The zero-order chi connectivity index (χ0) is 23.1. The van der Waals surface area contributed by atoms with Crippen molar-refractivity contribution < 1.29 is 27.2 Å². The van der Waals surface area contributed by atoms with E-state index < -0.39 is 10.1 Å². The summed E-state index contributed by atoms with van der Waals surface area (Å²) in [5.41, 5.74) is 6.34. The van der Waals surface area contributed by atoms with Gasteiger partial charge in [-0.25, -0.2) is 0 Å². The van der Waals surface area contributed by atoms with Gasteiger partial charge in [-0.05, 0) is 55.5 Å². The van der Waals surface area contributed by atoms with E-state index in [1.54, 1.807) is 24.3 Å². The normalized spacial score (nSPS) is 14.3. The van der Waals surface area contributed by atoms with Crippen molar-refractivity contribution in [2.75, 3.05) is 32.9 Å². The Morgan fingerprint density at radius 2 is 1.82 bits per heavy atom. The lowest BCUT2D eigenvalue weighted by Crippen LogP contribution is -2.43. The Balaban J connectivity index is 0.00000385. The fourth-order valence-electron chi connectivity index (χ4n) is 3.46. The quantitative estimate of drug-likeness (QED) is 0.272. The van der Waals surface area contributed by atoms with Crippen LogP contribution in [0, 0.1) is 18.3 Å². The van der Waals surface area contributed by atoms with Crippen molar-refractivity contribution in [3.05, 3.63) is 48.0 Å². The summed E-state index contributed by atoms with van der Waals surface area (Å²) in [6.07, 6.45) is 1.75. The number of aliphatic hydroxyl groups excluding tert-OH is 1. The molecule has 0 atom stereocenters. The number of likely N-dealkylation sites (tertiary alicyclic amines) is 1. The summed E-state index contributed by atoms with van der Waals surface area (Å²) in [4.78, 5) is 1.79. The molecule has 33 heavy (non-hydrogen) atoms. The molecule has 9 nitrogen and oxygen atoms in total. The molecule has 3 rings (SSSR count). The van der Waals surface area contributed by atoms with Gasteiger partial charge in [0.15, 0.2) is 5.96 Å². The first-order valence-electron chi connectivity index (χ1n) is 10.4. The van der Waals surface area contributed by atoms with Crippen LogP contribution < -0.4 is 19.4 Å². The molecule has 2 aromatic rings. The smallest absolute Gasteiger partial charge is 0.339 e. The van der Waals surface area contributed by atoms with Gasteiger partial charge in [-0.3, -0.25) is 5.41 Å². The standard InChI is InChI=1S/C22H29N3O6S.ClH/c1-16-11-19(30-15-17-5-7-25(8-6-17)22(23)24)13-20(12-16)31-32(27,28)21-4-2-3-18(14-21)29-10-9-26;/h2-4,11-14,17,26H,5-10,15H2,1H3,(H3,23,24);1H. The molecule has 0 amide bonds. The average molecular weight is 500 g/mol. The molecule has 0 unspecified atom stereocenters. The van der Waals surface area contributed by atoms with Gasteiger partial charge >= 0.3 is 10.1 Å². The van der Waals surface area contributed by atoms with Gasteiger partial charge in [0, 0.05) is 25.2 Å². The topological polar surface area (TPSA) is 135 Å². The van der Waals surface area contributed by atoms with Crippen LogP contribution >= 0.6 is 12.4 Å². The maximum absolute atomic E-state index is 12.7. The van der Waals surface area contributed by atoms with Crippen LogP contribution in [0.15, 0.2) is 47.4 Å². The SMILES string of the molecule is Cc1cc(OCC2CCN(C(=N)N)CC2)cc(OS(=O)(=O)c2cccc(OCCO)c2)c1.Cl. The minimum atomic E-state index is -4.08. The largest absolute Gasteiger partial charge is 0.493 e. The number of piperidine rings is 1. The van der Waals surface area contributed by atoms with Gasteiger partial charge in [-0.2, -0.15) is 8.42 Å². The van der Waals surface area contributed by atoms with Crippen LogP contribution in [0.5, 0.6) is 17.2 Å². The predicted molar refractivity (Wildman–Crippen MR) is 127 cm³/mol. The molecule has 1 fully saturated rings. The van der Waals surface area contributed by atoms with Crippen LogP contribution in [0.2, 0.25) is 0 Å². The van der Waals surface area contributed by atoms with Gasteiger partial charge in [-0.1, -0.05) is 6.07 Å². The first kappa shape index (κ1) is 26.6. The van der Waals surface area contributed by atoms with Crippen molar-refractivity contribution in [3.8, 4) is 17.2 Å². The molecule has 0 saturated carbocycles. The summed E-state index contributed by atoms with van der Waals surface area (Å²) in [5.74, 6) is 1.45. The fraction of sp³-hybridized carbons (Fsp3) is 0.409. The summed E-state index contributed by atoms with van der Waals surface area (Å²) in [6.45, 7) is 3.68. The zero-order valence-corrected chi connectivity index (χ0v) is 20.0. The molecule has 0 aliphatic carbocycles. The summed E-state index contributed by atoms with van der Waals surface area (Å²) in [7, 11) is -4.08. The molecule has 0 bridgehead atoms. The Bertz CT molecular complexity index is 1040. The van der Waals surface area contributed by atoms with E-state index in [0.29, 0.717) is 24.0 Å². The number of ether oxygens (including phenoxy) is 2. The van der Waals surface area contributed by atoms with Gasteiger partial charge in [-0.15, -0.1) is 12.4 Å². The first-order valence-corrected chi connectivity index (χ1v) is 11.8. The van der Waals surface area contributed by atoms with E-state index in [2.05, 4.69) is 0 Å². The maximum Gasteiger partial charge on any atom is 0.339 e. The number of guanidine groups is 1. The second kappa shape index (κ2) is 12.0. The highest BCUT2D eigenvalue weighted by molar-refractivity contribution is 7.87. The lowest BCUT2D eigenvalue weighted by Gasteiger charge is -2.32. The molecule has 0 spiro atoms. The highest BCUT2D eigenvalue weighted by atomic mass is 35.5. The Hall–Kier alpha value is -2.69. The second-order valence-electron chi connectivity index (χ2n) is 7.69. The summed E-state index contributed by atoms with van der Waals surface area (Å²) >= 11 is 0. The van der Waals surface area contributed by atoms with Crippen molar-refractivity contribution in [1.29, 1.82) is 5.41 Å².